The number of ether oxygens (including phenoxy) is 1. The lowest BCUT2D eigenvalue weighted by Crippen LogP contribution is -2.57. The maximum absolute atomic E-state index is 12.8. The molecule has 2 aromatic rings. The minimum atomic E-state index is 0.142. The second-order valence-corrected chi connectivity index (χ2v) is 9.29. The molecule has 5 nitrogen and oxygen atoms in total. The van der Waals surface area contributed by atoms with Crippen LogP contribution in [0.1, 0.15) is 39.4 Å². The van der Waals surface area contributed by atoms with E-state index in [0.29, 0.717) is 12.3 Å². The number of nitrogens with zero attached hydrogens (tertiary/aromatic N) is 2. The zero-order valence-corrected chi connectivity index (χ0v) is 17.9. The van der Waals surface area contributed by atoms with Gasteiger partial charge in [0.15, 0.2) is 0 Å². The maximum Gasteiger partial charge on any atom is 0.263 e. The van der Waals surface area contributed by atoms with Gasteiger partial charge in [-0.3, -0.25) is 9.59 Å². The smallest absolute Gasteiger partial charge is 0.263 e. The number of likely N-dealkylation sites (tertiary alicyclic amines) is 2. The Balaban J connectivity index is 1.39. The van der Waals surface area contributed by atoms with E-state index in [0.717, 1.165) is 54.4 Å². The predicted octanol–water partition coefficient (Wildman–Crippen LogP) is 3.76. The third-order valence-electron chi connectivity index (χ3n) is 6.18. The molecule has 29 heavy (non-hydrogen) atoms. The van der Waals surface area contributed by atoms with Crippen LogP contribution in [-0.4, -0.2) is 54.4 Å². The van der Waals surface area contributed by atoms with E-state index >= 15 is 0 Å². The molecule has 0 aliphatic carbocycles. The number of benzene rings is 1. The van der Waals surface area contributed by atoms with Crippen molar-refractivity contribution in [2.75, 3.05) is 26.7 Å². The normalized spacial score (nSPS) is 21.8. The van der Waals surface area contributed by atoms with Crippen molar-refractivity contribution >= 4 is 23.2 Å². The third kappa shape index (κ3) is 4.32. The molecule has 0 radical (unpaired) electrons. The van der Waals surface area contributed by atoms with Crippen molar-refractivity contribution in [3.8, 4) is 5.75 Å². The second kappa shape index (κ2) is 8.57. The molecule has 0 saturated carbocycles. The summed E-state index contributed by atoms with van der Waals surface area (Å²) in [5.41, 5.74) is 1.21. The number of rotatable bonds is 5. The molecule has 2 atom stereocenters. The van der Waals surface area contributed by atoms with Gasteiger partial charge in [-0.25, -0.2) is 0 Å². The van der Waals surface area contributed by atoms with Crippen LogP contribution >= 0.6 is 11.3 Å². The van der Waals surface area contributed by atoms with Crippen LogP contribution in [-0.2, 0) is 11.2 Å². The Morgan fingerprint density at radius 2 is 1.97 bits per heavy atom. The SMILES string of the molecule is COc1ccc(CCN2C(=O)CC[C@@H]3CN(C(=O)c4ccc(C)s4)CC[C@@H]32)cc1. The summed E-state index contributed by atoms with van der Waals surface area (Å²) in [4.78, 5) is 31.5. The van der Waals surface area contributed by atoms with Crippen LogP contribution in [0.4, 0.5) is 0 Å². The number of methoxy groups -OCH3 is 1. The van der Waals surface area contributed by atoms with Gasteiger partial charge in [0.1, 0.15) is 5.75 Å². The molecular formula is C23H28N2O3S. The van der Waals surface area contributed by atoms with Crippen molar-refractivity contribution in [3.05, 3.63) is 51.7 Å². The summed E-state index contributed by atoms with van der Waals surface area (Å²) in [7, 11) is 1.66. The van der Waals surface area contributed by atoms with Crippen LogP contribution in [0, 0.1) is 12.8 Å². The number of hydrogen-bond acceptors (Lipinski definition) is 4. The molecule has 0 spiro atoms. The lowest BCUT2D eigenvalue weighted by molar-refractivity contribution is -0.140. The van der Waals surface area contributed by atoms with Gasteiger partial charge in [-0.15, -0.1) is 11.3 Å². The summed E-state index contributed by atoms with van der Waals surface area (Å²) in [5.74, 6) is 1.62. The average molecular weight is 413 g/mol. The Bertz CT molecular complexity index is 877. The fourth-order valence-electron chi connectivity index (χ4n) is 4.57. The van der Waals surface area contributed by atoms with Crippen molar-refractivity contribution in [2.24, 2.45) is 5.92 Å². The molecule has 3 heterocycles. The van der Waals surface area contributed by atoms with Gasteiger partial charge >= 0.3 is 0 Å². The maximum atomic E-state index is 12.8. The van der Waals surface area contributed by atoms with Gasteiger partial charge in [-0.2, -0.15) is 0 Å². The van der Waals surface area contributed by atoms with Crippen molar-refractivity contribution in [1.82, 2.24) is 9.80 Å². The molecule has 6 heteroatoms. The zero-order valence-electron chi connectivity index (χ0n) is 17.1. The van der Waals surface area contributed by atoms with Crippen LogP contribution in [0.5, 0.6) is 5.75 Å². The molecule has 2 amide bonds. The van der Waals surface area contributed by atoms with Crippen molar-refractivity contribution in [2.45, 2.75) is 38.6 Å². The molecule has 0 unspecified atom stereocenters. The molecule has 0 N–H and O–H groups in total. The van der Waals surface area contributed by atoms with Gasteiger partial charge in [0.05, 0.1) is 12.0 Å². The van der Waals surface area contributed by atoms with Crippen molar-refractivity contribution in [3.63, 3.8) is 0 Å². The first kappa shape index (κ1) is 20.0. The van der Waals surface area contributed by atoms with E-state index in [-0.39, 0.29) is 17.9 Å². The van der Waals surface area contributed by atoms with Gasteiger partial charge in [0.2, 0.25) is 5.91 Å². The van der Waals surface area contributed by atoms with Crippen molar-refractivity contribution < 1.29 is 14.3 Å². The minimum Gasteiger partial charge on any atom is -0.497 e. The number of thiophene rings is 1. The molecule has 2 aliphatic rings. The van der Waals surface area contributed by atoms with Gasteiger partial charge in [-0.1, -0.05) is 12.1 Å². The average Bonchev–Trinajstić information content (AvgIpc) is 3.19. The van der Waals surface area contributed by atoms with Crippen LogP contribution in [0.2, 0.25) is 0 Å². The summed E-state index contributed by atoms with van der Waals surface area (Å²) < 4.78 is 5.22. The van der Waals surface area contributed by atoms with Crippen LogP contribution < -0.4 is 4.74 Å². The largest absolute Gasteiger partial charge is 0.497 e. The highest BCUT2D eigenvalue weighted by Gasteiger charge is 2.40. The number of hydrogen-bond donors (Lipinski definition) is 0. The summed E-state index contributed by atoms with van der Waals surface area (Å²) in [6.45, 7) is 4.25. The molecule has 1 aromatic carbocycles. The number of piperidine rings is 2. The minimum absolute atomic E-state index is 0.142. The van der Waals surface area contributed by atoms with Crippen LogP contribution in [0.3, 0.4) is 0 Å². The summed E-state index contributed by atoms with van der Waals surface area (Å²) >= 11 is 1.56. The molecule has 4 rings (SSSR count). The second-order valence-electron chi connectivity index (χ2n) is 8.00. The van der Waals surface area contributed by atoms with E-state index in [9.17, 15) is 9.59 Å². The fourth-order valence-corrected chi connectivity index (χ4v) is 5.41. The predicted molar refractivity (Wildman–Crippen MR) is 114 cm³/mol. The first-order valence-electron chi connectivity index (χ1n) is 10.3. The zero-order chi connectivity index (χ0) is 20.4. The highest BCUT2D eigenvalue weighted by Crippen LogP contribution is 2.32. The lowest BCUT2D eigenvalue weighted by Gasteiger charge is -2.47. The Hall–Kier alpha value is -2.34. The first-order chi connectivity index (χ1) is 14.0. The van der Waals surface area contributed by atoms with Gasteiger partial charge in [0.25, 0.3) is 5.91 Å². The number of amides is 2. The topological polar surface area (TPSA) is 49.9 Å². The van der Waals surface area contributed by atoms with Crippen LogP contribution in [0.25, 0.3) is 0 Å². The summed E-state index contributed by atoms with van der Waals surface area (Å²) in [5, 5.41) is 0. The number of aryl methyl sites for hydroxylation is 1. The van der Waals surface area contributed by atoms with Gasteiger partial charge < -0.3 is 14.5 Å². The Kier molecular flexibility index (Phi) is 5.90. The molecule has 2 fully saturated rings. The molecule has 2 saturated heterocycles. The van der Waals surface area contributed by atoms with E-state index in [1.807, 2.05) is 36.1 Å². The standard InChI is InChI=1S/C23H28N2O3S/c1-16-3-9-21(29-16)23(27)24-13-12-20-18(15-24)6-10-22(26)25(20)14-11-17-4-7-19(28-2)8-5-17/h3-5,7-9,18,20H,6,10-15H2,1-2H3/t18-,20+/m1/s1. The van der Waals surface area contributed by atoms with Crippen LogP contribution in [0.15, 0.2) is 36.4 Å². The molecule has 2 aliphatic heterocycles. The molecular weight excluding hydrogens is 384 g/mol. The third-order valence-corrected chi connectivity index (χ3v) is 7.17. The molecule has 1 aromatic heterocycles. The number of fused-ring (bicyclic) bond motifs is 1. The highest BCUT2D eigenvalue weighted by molar-refractivity contribution is 7.13. The van der Waals surface area contributed by atoms with Gasteiger partial charge in [-0.05, 0) is 61.9 Å². The molecule has 0 bridgehead atoms. The summed E-state index contributed by atoms with van der Waals surface area (Å²) in [6.07, 6.45) is 3.19. The summed E-state index contributed by atoms with van der Waals surface area (Å²) in [6, 6.07) is 12.2. The Labute approximate surface area is 176 Å². The van der Waals surface area contributed by atoms with Crippen molar-refractivity contribution in [1.29, 1.82) is 0 Å². The fraction of sp³-hybridized carbons (Fsp3) is 0.478. The number of carbonyl (C=O) groups is 2. The lowest BCUT2D eigenvalue weighted by atomic mass is 9.83. The van der Waals surface area contributed by atoms with E-state index in [1.54, 1.807) is 18.4 Å². The highest BCUT2D eigenvalue weighted by atomic mass is 32.1. The van der Waals surface area contributed by atoms with E-state index in [1.165, 1.54) is 5.56 Å². The molecule has 154 valence electrons. The van der Waals surface area contributed by atoms with E-state index in [4.69, 9.17) is 4.74 Å². The Morgan fingerprint density at radius 3 is 2.66 bits per heavy atom. The quantitative estimate of drug-likeness (QED) is 0.751. The van der Waals surface area contributed by atoms with Gasteiger partial charge in [0, 0.05) is 37.0 Å². The van der Waals surface area contributed by atoms with E-state index < -0.39 is 0 Å². The number of carbonyl (C=O) groups excluding carboxylic acids is 2. The van der Waals surface area contributed by atoms with E-state index in [2.05, 4.69) is 17.0 Å². The Morgan fingerprint density at radius 1 is 1.17 bits per heavy atom. The first-order valence-corrected chi connectivity index (χ1v) is 11.1. The monoisotopic (exact) mass is 412 g/mol.